The Morgan fingerprint density at radius 2 is 1.89 bits per heavy atom. The van der Waals surface area contributed by atoms with Gasteiger partial charge in [-0.05, 0) is 62.1 Å². The van der Waals surface area contributed by atoms with E-state index in [4.69, 9.17) is 0 Å². The molecule has 0 fully saturated rings. The van der Waals surface area contributed by atoms with Gasteiger partial charge in [-0.25, -0.2) is 0 Å². The molecule has 6 nitrogen and oxygen atoms in total. The van der Waals surface area contributed by atoms with Crippen molar-refractivity contribution in [3.63, 3.8) is 0 Å². The number of rotatable bonds is 11. The van der Waals surface area contributed by atoms with Crippen LogP contribution in [0.3, 0.4) is 0 Å². The lowest BCUT2D eigenvalue weighted by Crippen LogP contribution is -2.38. The van der Waals surface area contributed by atoms with Gasteiger partial charge in [-0.1, -0.05) is 55.3 Å². The first-order chi connectivity index (χ1) is 16.9. The van der Waals surface area contributed by atoms with E-state index in [0.717, 1.165) is 18.4 Å². The topological polar surface area (TPSA) is 93.4 Å². The van der Waals surface area contributed by atoms with E-state index in [1.54, 1.807) is 48.3 Å². The molecule has 184 valence electrons. The monoisotopic (exact) mass is 473 g/mol. The highest BCUT2D eigenvalue weighted by Crippen LogP contribution is 2.26. The standard InChI is InChI=1S/C29H35N3O3/c1-5-8-14-32(4)29(35)25-17-23(27-13-10-9-12-22(27)19-30)16-24(18-25)28(34)31-26(20-33)15-21(7-3)11-6-2/h6-7,9-13,16-18,26,33H,5,8,14-15,20H2,1-4H3,(H,31,34)/b11-6-,21-7+/t26-/m0/s1. The minimum atomic E-state index is -0.480. The molecule has 2 aromatic carbocycles. The molecule has 0 aromatic heterocycles. The molecule has 0 heterocycles. The third kappa shape index (κ3) is 7.66. The van der Waals surface area contributed by atoms with E-state index >= 15 is 0 Å². The fraction of sp³-hybridized carbons (Fsp3) is 0.345. The van der Waals surface area contributed by atoms with Crippen molar-refractivity contribution >= 4 is 11.8 Å². The number of nitriles is 1. The van der Waals surface area contributed by atoms with Gasteiger partial charge in [0.2, 0.25) is 0 Å². The van der Waals surface area contributed by atoms with Crippen LogP contribution in [0.5, 0.6) is 0 Å². The lowest BCUT2D eigenvalue weighted by molar-refractivity contribution is 0.0793. The highest BCUT2D eigenvalue weighted by atomic mass is 16.3. The van der Waals surface area contributed by atoms with Crippen molar-refractivity contribution in [1.82, 2.24) is 10.2 Å². The fourth-order valence-corrected chi connectivity index (χ4v) is 3.80. The molecule has 6 heteroatoms. The van der Waals surface area contributed by atoms with Gasteiger partial charge in [0.05, 0.1) is 24.3 Å². The minimum absolute atomic E-state index is 0.188. The molecule has 0 saturated carbocycles. The number of carbonyl (C=O) groups is 2. The van der Waals surface area contributed by atoms with E-state index in [2.05, 4.69) is 18.3 Å². The molecule has 2 aromatic rings. The highest BCUT2D eigenvalue weighted by Gasteiger charge is 2.20. The summed E-state index contributed by atoms with van der Waals surface area (Å²) in [5.74, 6) is -0.576. The van der Waals surface area contributed by atoms with Crippen LogP contribution in [-0.4, -0.2) is 48.1 Å². The number of amides is 2. The van der Waals surface area contributed by atoms with Gasteiger partial charge in [0.1, 0.15) is 0 Å². The van der Waals surface area contributed by atoms with E-state index in [0.29, 0.717) is 40.8 Å². The van der Waals surface area contributed by atoms with E-state index in [1.165, 1.54) is 0 Å². The maximum absolute atomic E-state index is 13.2. The van der Waals surface area contributed by atoms with E-state index in [9.17, 15) is 20.0 Å². The van der Waals surface area contributed by atoms with Crippen molar-refractivity contribution < 1.29 is 14.7 Å². The Labute approximate surface area is 208 Å². The number of hydrogen-bond donors (Lipinski definition) is 2. The maximum Gasteiger partial charge on any atom is 0.253 e. The molecule has 2 amide bonds. The first-order valence-electron chi connectivity index (χ1n) is 12.0. The first kappa shape index (κ1) is 27.6. The van der Waals surface area contributed by atoms with Crippen molar-refractivity contribution in [2.24, 2.45) is 0 Å². The zero-order valence-corrected chi connectivity index (χ0v) is 21.0. The Morgan fingerprint density at radius 3 is 2.51 bits per heavy atom. The molecule has 0 spiro atoms. The average Bonchev–Trinajstić information content (AvgIpc) is 2.89. The fourth-order valence-electron chi connectivity index (χ4n) is 3.80. The van der Waals surface area contributed by atoms with Crippen molar-refractivity contribution in [1.29, 1.82) is 5.26 Å². The van der Waals surface area contributed by atoms with E-state index < -0.39 is 6.04 Å². The maximum atomic E-state index is 13.2. The van der Waals surface area contributed by atoms with Crippen LogP contribution in [0.15, 0.2) is 66.3 Å². The van der Waals surface area contributed by atoms with Crippen LogP contribution in [0.25, 0.3) is 11.1 Å². The molecule has 0 radical (unpaired) electrons. The molecule has 0 unspecified atom stereocenters. The Bertz CT molecular complexity index is 1130. The molecule has 2 N–H and O–H groups in total. The molecule has 1 atom stereocenters. The lowest BCUT2D eigenvalue weighted by Gasteiger charge is -2.20. The van der Waals surface area contributed by atoms with Gasteiger partial charge in [0, 0.05) is 24.7 Å². The predicted octanol–water partition coefficient (Wildman–Crippen LogP) is 5.10. The largest absolute Gasteiger partial charge is 0.394 e. The number of aliphatic hydroxyl groups is 1. The van der Waals surface area contributed by atoms with Crippen LogP contribution in [0.4, 0.5) is 0 Å². The molecule has 0 aliphatic heterocycles. The summed E-state index contributed by atoms with van der Waals surface area (Å²) < 4.78 is 0. The number of hydrogen-bond acceptors (Lipinski definition) is 4. The van der Waals surface area contributed by atoms with Gasteiger partial charge in [0.25, 0.3) is 11.8 Å². The minimum Gasteiger partial charge on any atom is -0.394 e. The molecule has 0 aliphatic rings. The van der Waals surface area contributed by atoms with Crippen molar-refractivity contribution in [3.05, 3.63) is 83.0 Å². The summed E-state index contributed by atoms with van der Waals surface area (Å²) in [5.41, 5.74) is 3.40. The number of unbranched alkanes of at least 4 members (excludes halogenated alkanes) is 1. The van der Waals surface area contributed by atoms with Crippen LogP contribution in [-0.2, 0) is 0 Å². The van der Waals surface area contributed by atoms with Crippen LogP contribution >= 0.6 is 0 Å². The average molecular weight is 474 g/mol. The molecular formula is C29H35N3O3. The summed E-state index contributed by atoms with van der Waals surface area (Å²) in [5, 5.41) is 22.3. The summed E-state index contributed by atoms with van der Waals surface area (Å²) in [6.07, 6.45) is 8.11. The van der Waals surface area contributed by atoms with Crippen LogP contribution in [0.2, 0.25) is 0 Å². The van der Waals surface area contributed by atoms with Gasteiger partial charge >= 0.3 is 0 Å². The van der Waals surface area contributed by atoms with Crippen molar-refractivity contribution in [2.75, 3.05) is 20.2 Å². The number of carbonyl (C=O) groups excluding carboxylic acids is 2. The summed E-state index contributed by atoms with van der Waals surface area (Å²) in [7, 11) is 1.75. The van der Waals surface area contributed by atoms with Crippen LogP contribution in [0.1, 0.15) is 66.3 Å². The highest BCUT2D eigenvalue weighted by molar-refractivity contribution is 6.01. The quantitative estimate of drug-likeness (QED) is 0.444. The number of allylic oxidation sites excluding steroid dienone is 3. The molecule has 0 bridgehead atoms. The second-order valence-corrected chi connectivity index (χ2v) is 8.46. The molecule has 2 rings (SSSR count). The Morgan fingerprint density at radius 1 is 1.17 bits per heavy atom. The molecule has 0 saturated heterocycles. The number of benzene rings is 2. The normalized spacial score (nSPS) is 12.3. The van der Waals surface area contributed by atoms with E-state index in [1.807, 2.05) is 38.1 Å². The zero-order valence-electron chi connectivity index (χ0n) is 21.0. The third-order valence-corrected chi connectivity index (χ3v) is 5.78. The number of nitrogens with zero attached hydrogens (tertiary/aromatic N) is 2. The van der Waals surface area contributed by atoms with Crippen molar-refractivity contribution in [2.45, 2.75) is 46.1 Å². The molecular weight excluding hydrogens is 438 g/mol. The van der Waals surface area contributed by atoms with Crippen molar-refractivity contribution in [3.8, 4) is 17.2 Å². The lowest BCUT2D eigenvalue weighted by atomic mass is 9.95. The van der Waals surface area contributed by atoms with E-state index in [-0.39, 0.29) is 18.4 Å². The Balaban J connectivity index is 2.48. The van der Waals surface area contributed by atoms with Gasteiger partial charge in [-0.15, -0.1) is 0 Å². The summed E-state index contributed by atoms with van der Waals surface area (Å²) in [4.78, 5) is 28.1. The molecule has 35 heavy (non-hydrogen) atoms. The van der Waals surface area contributed by atoms with Gasteiger partial charge < -0.3 is 15.3 Å². The predicted molar refractivity (Wildman–Crippen MR) is 140 cm³/mol. The number of nitrogens with one attached hydrogen (secondary N) is 1. The third-order valence-electron chi connectivity index (χ3n) is 5.78. The Kier molecular flexibility index (Phi) is 10.9. The zero-order chi connectivity index (χ0) is 25.8. The summed E-state index contributed by atoms with van der Waals surface area (Å²) in [6.45, 7) is 6.28. The summed E-state index contributed by atoms with van der Waals surface area (Å²) in [6, 6.07) is 13.8. The molecule has 0 aliphatic carbocycles. The smallest absolute Gasteiger partial charge is 0.253 e. The van der Waals surface area contributed by atoms with Gasteiger partial charge in [0.15, 0.2) is 0 Å². The van der Waals surface area contributed by atoms with Crippen LogP contribution in [0, 0.1) is 11.3 Å². The summed E-state index contributed by atoms with van der Waals surface area (Å²) >= 11 is 0. The van der Waals surface area contributed by atoms with Gasteiger partial charge in [-0.2, -0.15) is 5.26 Å². The van der Waals surface area contributed by atoms with Gasteiger partial charge in [-0.3, -0.25) is 9.59 Å². The first-order valence-corrected chi connectivity index (χ1v) is 12.0. The Hall–Kier alpha value is -3.69. The van der Waals surface area contributed by atoms with Crippen LogP contribution < -0.4 is 5.32 Å². The second-order valence-electron chi connectivity index (χ2n) is 8.46. The number of aliphatic hydroxyl groups excluding tert-OH is 1. The second kappa shape index (κ2) is 13.9. The SMILES string of the molecule is C/C=C\C(=C/C)C[C@@H](CO)NC(=O)c1cc(C(=O)N(C)CCCC)cc(-c2ccccc2C#N)c1.